The van der Waals surface area contributed by atoms with Crippen molar-refractivity contribution in [3.05, 3.63) is 0 Å². The molecule has 1 saturated heterocycles. The molecule has 1 aliphatic heterocycles. The lowest BCUT2D eigenvalue weighted by Crippen LogP contribution is -2.50. The van der Waals surface area contributed by atoms with Gasteiger partial charge in [0.2, 0.25) is 0 Å². The largest absolute Gasteiger partial charge is 0.378 e. The Hall–Kier alpha value is -0.170. The first-order valence-electron chi connectivity index (χ1n) is 6.23. The van der Waals surface area contributed by atoms with Crippen LogP contribution in [0.5, 0.6) is 0 Å². The fourth-order valence-electron chi connectivity index (χ4n) is 2.01. The summed E-state index contributed by atoms with van der Waals surface area (Å²) in [4.78, 5) is 2.33. The Morgan fingerprint density at radius 1 is 1.47 bits per heavy atom. The van der Waals surface area contributed by atoms with E-state index in [1.807, 2.05) is 0 Å². The zero-order valence-electron chi connectivity index (χ0n) is 10.8. The van der Waals surface area contributed by atoms with E-state index in [-0.39, 0.29) is 5.75 Å². The Morgan fingerprint density at radius 2 is 2.24 bits per heavy atom. The first-order chi connectivity index (χ1) is 8.03. The third-order valence-electron chi connectivity index (χ3n) is 2.94. The highest BCUT2D eigenvalue weighted by atomic mass is 32.2. The molecule has 0 amide bonds. The molecule has 0 saturated carbocycles. The van der Waals surface area contributed by atoms with E-state index in [4.69, 9.17) is 4.74 Å². The minimum Gasteiger partial charge on any atom is -0.378 e. The Morgan fingerprint density at radius 3 is 2.88 bits per heavy atom. The number of likely N-dealkylation sites (N-methyl/N-ethyl adjacent to an activating group) is 1. The lowest BCUT2D eigenvalue weighted by Gasteiger charge is -2.35. The highest BCUT2D eigenvalue weighted by Crippen LogP contribution is 2.07. The maximum Gasteiger partial charge on any atom is 0.147 e. The fourth-order valence-corrected chi connectivity index (χ4v) is 2.67. The van der Waals surface area contributed by atoms with Gasteiger partial charge < -0.3 is 10.1 Å². The van der Waals surface area contributed by atoms with Gasteiger partial charge in [-0.15, -0.1) is 0 Å². The SMILES string of the molecule is CCNCC1COCCN1CCCS(C)(=O)=O. The van der Waals surface area contributed by atoms with Crippen molar-refractivity contribution >= 4 is 9.84 Å². The summed E-state index contributed by atoms with van der Waals surface area (Å²) < 4.78 is 27.6. The number of nitrogens with one attached hydrogen (secondary N) is 1. The van der Waals surface area contributed by atoms with Crippen LogP contribution in [0.3, 0.4) is 0 Å². The highest BCUT2D eigenvalue weighted by molar-refractivity contribution is 7.90. The van der Waals surface area contributed by atoms with Crippen molar-refractivity contribution in [2.75, 3.05) is 51.4 Å². The molecule has 0 bridgehead atoms. The second kappa shape index (κ2) is 7.31. The Balaban J connectivity index is 2.32. The third-order valence-corrected chi connectivity index (χ3v) is 3.97. The number of nitrogens with zero attached hydrogens (tertiary/aromatic N) is 1. The smallest absolute Gasteiger partial charge is 0.147 e. The first-order valence-corrected chi connectivity index (χ1v) is 8.29. The molecule has 0 spiro atoms. The van der Waals surface area contributed by atoms with Crippen molar-refractivity contribution in [3.8, 4) is 0 Å². The van der Waals surface area contributed by atoms with Gasteiger partial charge in [0.1, 0.15) is 9.84 Å². The minimum absolute atomic E-state index is 0.276. The van der Waals surface area contributed by atoms with E-state index in [9.17, 15) is 8.42 Å². The molecule has 0 aromatic heterocycles. The summed E-state index contributed by atoms with van der Waals surface area (Å²) in [6.45, 7) is 7.18. The molecule has 1 rings (SSSR count). The molecule has 1 N–H and O–H groups in total. The molecular formula is C11H24N2O3S. The van der Waals surface area contributed by atoms with Gasteiger partial charge in [-0.1, -0.05) is 6.92 Å². The second-order valence-corrected chi connectivity index (χ2v) is 6.82. The third kappa shape index (κ3) is 6.35. The van der Waals surface area contributed by atoms with Gasteiger partial charge in [0, 0.05) is 25.4 Å². The Labute approximate surface area is 104 Å². The maximum absolute atomic E-state index is 11.1. The van der Waals surface area contributed by atoms with Crippen LogP contribution in [-0.2, 0) is 14.6 Å². The minimum atomic E-state index is -2.83. The molecule has 1 atom stereocenters. The number of hydrogen-bond acceptors (Lipinski definition) is 5. The van der Waals surface area contributed by atoms with Crippen LogP contribution in [-0.4, -0.2) is 70.8 Å². The number of hydrogen-bond donors (Lipinski definition) is 1. The van der Waals surface area contributed by atoms with Crippen LogP contribution in [0, 0.1) is 0 Å². The maximum atomic E-state index is 11.1. The normalized spacial score (nSPS) is 22.8. The van der Waals surface area contributed by atoms with Crippen molar-refractivity contribution in [3.63, 3.8) is 0 Å². The van der Waals surface area contributed by atoms with Gasteiger partial charge in [-0.05, 0) is 19.5 Å². The summed E-state index contributed by atoms with van der Waals surface area (Å²) in [5.41, 5.74) is 0. The van der Waals surface area contributed by atoms with Crippen LogP contribution in [0.4, 0.5) is 0 Å². The van der Waals surface area contributed by atoms with E-state index in [1.165, 1.54) is 6.26 Å². The monoisotopic (exact) mass is 264 g/mol. The zero-order valence-corrected chi connectivity index (χ0v) is 11.6. The predicted molar refractivity (Wildman–Crippen MR) is 69.1 cm³/mol. The lowest BCUT2D eigenvalue weighted by atomic mass is 10.2. The summed E-state index contributed by atoms with van der Waals surface area (Å²) in [6.07, 6.45) is 2.00. The van der Waals surface area contributed by atoms with E-state index >= 15 is 0 Å². The van der Waals surface area contributed by atoms with E-state index in [2.05, 4.69) is 17.1 Å². The average Bonchev–Trinajstić information content (AvgIpc) is 2.26. The van der Waals surface area contributed by atoms with Gasteiger partial charge in [0.15, 0.2) is 0 Å². The summed E-state index contributed by atoms with van der Waals surface area (Å²) in [5.74, 6) is 0.276. The lowest BCUT2D eigenvalue weighted by molar-refractivity contribution is -0.00634. The predicted octanol–water partition coefficient (Wildman–Crippen LogP) is -0.269. The molecule has 5 nitrogen and oxygen atoms in total. The average molecular weight is 264 g/mol. The van der Waals surface area contributed by atoms with Gasteiger partial charge >= 0.3 is 0 Å². The molecule has 1 heterocycles. The highest BCUT2D eigenvalue weighted by Gasteiger charge is 2.22. The number of ether oxygens (including phenoxy) is 1. The number of morpholine rings is 1. The Bertz CT molecular complexity index is 306. The van der Waals surface area contributed by atoms with Crippen LogP contribution in [0.15, 0.2) is 0 Å². The zero-order chi connectivity index (χ0) is 12.7. The van der Waals surface area contributed by atoms with Crippen LogP contribution in [0.1, 0.15) is 13.3 Å². The molecule has 1 aliphatic rings. The topological polar surface area (TPSA) is 58.6 Å². The van der Waals surface area contributed by atoms with Crippen LogP contribution >= 0.6 is 0 Å². The molecule has 102 valence electrons. The van der Waals surface area contributed by atoms with Gasteiger partial charge in [-0.25, -0.2) is 8.42 Å². The molecule has 0 aliphatic carbocycles. The Kier molecular flexibility index (Phi) is 6.40. The van der Waals surface area contributed by atoms with E-state index < -0.39 is 9.84 Å². The summed E-state index contributed by atoms with van der Waals surface area (Å²) in [6, 6.07) is 0.378. The fraction of sp³-hybridized carbons (Fsp3) is 1.00. The summed E-state index contributed by atoms with van der Waals surface area (Å²) >= 11 is 0. The number of rotatable bonds is 7. The van der Waals surface area contributed by atoms with Crippen molar-refractivity contribution < 1.29 is 13.2 Å². The first kappa shape index (κ1) is 14.9. The van der Waals surface area contributed by atoms with Gasteiger partial charge in [-0.2, -0.15) is 0 Å². The van der Waals surface area contributed by atoms with Crippen molar-refractivity contribution in [2.45, 2.75) is 19.4 Å². The van der Waals surface area contributed by atoms with Crippen molar-refractivity contribution in [1.29, 1.82) is 0 Å². The van der Waals surface area contributed by atoms with Gasteiger partial charge in [0.25, 0.3) is 0 Å². The number of sulfone groups is 1. The van der Waals surface area contributed by atoms with Gasteiger partial charge in [0.05, 0.1) is 19.0 Å². The van der Waals surface area contributed by atoms with E-state index in [1.54, 1.807) is 0 Å². The summed E-state index contributed by atoms with van der Waals surface area (Å²) in [5, 5.41) is 3.31. The molecular weight excluding hydrogens is 240 g/mol. The van der Waals surface area contributed by atoms with Gasteiger partial charge in [-0.3, -0.25) is 4.90 Å². The second-order valence-electron chi connectivity index (χ2n) is 4.56. The molecule has 6 heteroatoms. The van der Waals surface area contributed by atoms with Crippen molar-refractivity contribution in [2.24, 2.45) is 0 Å². The quantitative estimate of drug-likeness (QED) is 0.686. The van der Waals surface area contributed by atoms with Crippen LogP contribution in [0.25, 0.3) is 0 Å². The molecule has 0 aromatic rings. The van der Waals surface area contributed by atoms with Crippen LogP contribution < -0.4 is 5.32 Å². The summed E-state index contributed by atoms with van der Waals surface area (Å²) in [7, 11) is -2.83. The molecule has 0 radical (unpaired) electrons. The molecule has 1 unspecified atom stereocenters. The molecule has 17 heavy (non-hydrogen) atoms. The standard InChI is InChI=1S/C11H24N2O3S/c1-3-12-9-11-10-16-7-6-13(11)5-4-8-17(2,14)15/h11-12H,3-10H2,1-2H3. The van der Waals surface area contributed by atoms with Crippen LogP contribution in [0.2, 0.25) is 0 Å². The van der Waals surface area contributed by atoms with E-state index in [0.717, 1.165) is 39.4 Å². The van der Waals surface area contributed by atoms with E-state index in [0.29, 0.717) is 12.5 Å². The van der Waals surface area contributed by atoms with Crippen molar-refractivity contribution in [1.82, 2.24) is 10.2 Å². The molecule has 0 aromatic carbocycles. The molecule has 1 fully saturated rings.